The van der Waals surface area contributed by atoms with Crippen molar-refractivity contribution in [3.05, 3.63) is 17.5 Å². The zero-order valence-electron chi connectivity index (χ0n) is 10.4. The van der Waals surface area contributed by atoms with Gasteiger partial charge in [-0.2, -0.15) is 5.10 Å². The van der Waals surface area contributed by atoms with Gasteiger partial charge < -0.3 is 10.6 Å². The van der Waals surface area contributed by atoms with Crippen LogP contribution in [0.25, 0.3) is 0 Å². The predicted molar refractivity (Wildman–Crippen MR) is 70.9 cm³/mol. The van der Waals surface area contributed by atoms with Gasteiger partial charge >= 0.3 is 0 Å². The van der Waals surface area contributed by atoms with E-state index < -0.39 is 0 Å². The predicted octanol–water partition coefficient (Wildman–Crippen LogP) is 0.867. The van der Waals surface area contributed by atoms with E-state index in [1.165, 1.54) is 0 Å². The number of carbonyl (C=O) groups excluding carboxylic acids is 1. The molecule has 1 aromatic heterocycles. The summed E-state index contributed by atoms with van der Waals surface area (Å²) in [6.07, 6.45) is 0.866. The molecule has 1 aromatic rings. The number of aryl methyl sites for hydroxylation is 2. The van der Waals surface area contributed by atoms with Crippen LogP contribution in [0, 0.1) is 6.92 Å². The van der Waals surface area contributed by atoms with Crippen molar-refractivity contribution >= 4 is 23.1 Å². The van der Waals surface area contributed by atoms with Crippen molar-refractivity contribution in [1.29, 1.82) is 0 Å². The fraction of sp³-hybridized carbons (Fsp3) is 0.545. The molecule has 1 rings (SSSR count). The third-order valence-electron chi connectivity index (χ3n) is 2.35. The minimum atomic E-state index is -0.0808. The van der Waals surface area contributed by atoms with Crippen molar-refractivity contribution in [2.75, 3.05) is 13.1 Å². The van der Waals surface area contributed by atoms with E-state index in [4.69, 9.17) is 18.0 Å². The summed E-state index contributed by atoms with van der Waals surface area (Å²) in [6.45, 7) is 4.81. The van der Waals surface area contributed by atoms with E-state index in [1.807, 2.05) is 13.8 Å². The molecule has 0 fully saturated rings. The molecule has 17 heavy (non-hydrogen) atoms. The average Bonchev–Trinajstić information content (AvgIpc) is 2.55. The van der Waals surface area contributed by atoms with Crippen LogP contribution >= 0.6 is 12.2 Å². The number of aromatic nitrogens is 2. The number of thiocarbonyl (C=S) groups is 1. The maximum Gasteiger partial charge on any atom is 0.272 e. The lowest BCUT2D eigenvalue weighted by Crippen LogP contribution is -2.39. The van der Waals surface area contributed by atoms with Crippen molar-refractivity contribution in [3.8, 4) is 0 Å². The normalized spacial score (nSPS) is 10.3. The lowest BCUT2D eigenvalue weighted by molar-refractivity contribution is 0.0769. The zero-order valence-corrected chi connectivity index (χ0v) is 11.3. The van der Waals surface area contributed by atoms with Crippen LogP contribution in [0.15, 0.2) is 6.07 Å². The van der Waals surface area contributed by atoms with Crippen molar-refractivity contribution in [2.45, 2.75) is 20.3 Å². The number of rotatable bonds is 5. The molecule has 1 amide bonds. The van der Waals surface area contributed by atoms with E-state index in [2.05, 4.69) is 5.10 Å². The molecule has 0 aromatic carbocycles. The Morgan fingerprint density at radius 1 is 1.65 bits per heavy atom. The smallest absolute Gasteiger partial charge is 0.272 e. The molecule has 0 bridgehead atoms. The van der Waals surface area contributed by atoms with Gasteiger partial charge in [0.2, 0.25) is 0 Å². The molecule has 0 spiro atoms. The Hall–Kier alpha value is -1.43. The van der Waals surface area contributed by atoms with E-state index in [0.717, 1.165) is 12.1 Å². The molecule has 6 heteroatoms. The molecule has 94 valence electrons. The average molecular weight is 254 g/mol. The summed E-state index contributed by atoms with van der Waals surface area (Å²) >= 11 is 4.85. The highest BCUT2D eigenvalue weighted by atomic mass is 32.1. The van der Waals surface area contributed by atoms with Gasteiger partial charge in [0.1, 0.15) is 5.69 Å². The molecular formula is C11H18N4OS. The summed E-state index contributed by atoms with van der Waals surface area (Å²) in [4.78, 5) is 14.2. The van der Waals surface area contributed by atoms with Crippen molar-refractivity contribution in [1.82, 2.24) is 14.7 Å². The van der Waals surface area contributed by atoms with Crippen LogP contribution in [0.1, 0.15) is 29.5 Å². The van der Waals surface area contributed by atoms with Gasteiger partial charge in [-0.1, -0.05) is 19.1 Å². The lowest BCUT2D eigenvalue weighted by atomic mass is 10.3. The molecule has 0 saturated heterocycles. The highest BCUT2D eigenvalue weighted by Gasteiger charge is 2.19. The van der Waals surface area contributed by atoms with E-state index in [9.17, 15) is 4.79 Å². The summed E-state index contributed by atoms with van der Waals surface area (Å²) in [5.41, 5.74) is 6.88. The maximum atomic E-state index is 12.3. The van der Waals surface area contributed by atoms with Crippen LogP contribution in [0.5, 0.6) is 0 Å². The first-order valence-electron chi connectivity index (χ1n) is 5.54. The van der Waals surface area contributed by atoms with Gasteiger partial charge in [0, 0.05) is 13.6 Å². The Kier molecular flexibility index (Phi) is 4.62. The number of amides is 1. The summed E-state index contributed by atoms with van der Waals surface area (Å²) in [7, 11) is 1.76. The Bertz CT molecular complexity index is 427. The van der Waals surface area contributed by atoms with Gasteiger partial charge in [-0.05, 0) is 19.4 Å². The van der Waals surface area contributed by atoms with E-state index >= 15 is 0 Å². The number of nitrogens with two attached hydrogens (primary N) is 1. The van der Waals surface area contributed by atoms with Crippen LogP contribution in [-0.4, -0.2) is 38.7 Å². The second kappa shape index (κ2) is 5.77. The van der Waals surface area contributed by atoms with Crippen molar-refractivity contribution in [2.24, 2.45) is 12.8 Å². The number of carbonyl (C=O) groups is 1. The Balaban J connectivity index is 2.91. The second-order valence-electron chi connectivity index (χ2n) is 3.99. The van der Waals surface area contributed by atoms with Gasteiger partial charge in [0.25, 0.3) is 5.91 Å². The minimum absolute atomic E-state index is 0.0808. The summed E-state index contributed by atoms with van der Waals surface area (Å²) in [5, 5.41) is 4.16. The monoisotopic (exact) mass is 254 g/mol. The number of nitrogens with zero attached hydrogens (tertiary/aromatic N) is 3. The summed E-state index contributed by atoms with van der Waals surface area (Å²) < 4.78 is 1.58. The standard InChI is InChI=1S/C11H18N4OS/c1-4-5-15(7-10(12)17)11(16)9-6-8(2)13-14(9)3/h6H,4-5,7H2,1-3H3,(H2,12,17). The topological polar surface area (TPSA) is 64.2 Å². The SMILES string of the molecule is CCCN(CC(N)=S)C(=O)c1cc(C)nn1C. The Morgan fingerprint density at radius 2 is 2.29 bits per heavy atom. The minimum Gasteiger partial charge on any atom is -0.392 e. The van der Waals surface area contributed by atoms with Crippen LogP contribution in [0.2, 0.25) is 0 Å². The quantitative estimate of drug-likeness (QED) is 0.792. The third-order valence-corrected chi connectivity index (χ3v) is 2.48. The molecule has 0 aliphatic heterocycles. The molecule has 0 aliphatic carbocycles. The van der Waals surface area contributed by atoms with E-state index in [1.54, 1.807) is 22.7 Å². The fourth-order valence-electron chi connectivity index (χ4n) is 1.68. The first kappa shape index (κ1) is 13.6. The Labute approximate surface area is 107 Å². The van der Waals surface area contributed by atoms with Crippen LogP contribution in [0.3, 0.4) is 0 Å². The first-order valence-corrected chi connectivity index (χ1v) is 5.94. The Morgan fingerprint density at radius 3 is 2.71 bits per heavy atom. The molecule has 1 heterocycles. The molecular weight excluding hydrogens is 236 g/mol. The first-order chi connectivity index (χ1) is 7.95. The van der Waals surface area contributed by atoms with Gasteiger partial charge in [0.15, 0.2) is 0 Å². The van der Waals surface area contributed by atoms with Gasteiger partial charge in [-0.25, -0.2) is 0 Å². The molecule has 0 radical (unpaired) electrons. The van der Waals surface area contributed by atoms with Gasteiger partial charge in [-0.3, -0.25) is 9.48 Å². The maximum absolute atomic E-state index is 12.3. The number of hydrogen-bond donors (Lipinski definition) is 1. The van der Waals surface area contributed by atoms with E-state index in [0.29, 0.717) is 23.8 Å². The summed E-state index contributed by atoms with van der Waals surface area (Å²) in [5.74, 6) is -0.0808. The molecule has 2 N–H and O–H groups in total. The molecule has 0 unspecified atom stereocenters. The highest BCUT2D eigenvalue weighted by Crippen LogP contribution is 2.07. The second-order valence-corrected chi connectivity index (χ2v) is 4.51. The van der Waals surface area contributed by atoms with E-state index in [-0.39, 0.29) is 5.91 Å². The molecule has 0 saturated carbocycles. The molecule has 5 nitrogen and oxygen atoms in total. The van der Waals surface area contributed by atoms with Crippen LogP contribution < -0.4 is 5.73 Å². The van der Waals surface area contributed by atoms with Crippen LogP contribution in [0.4, 0.5) is 0 Å². The van der Waals surface area contributed by atoms with Crippen LogP contribution in [-0.2, 0) is 7.05 Å². The lowest BCUT2D eigenvalue weighted by Gasteiger charge is -2.21. The molecule has 0 aliphatic rings. The van der Waals surface area contributed by atoms with Crippen molar-refractivity contribution in [3.63, 3.8) is 0 Å². The summed E-state index contributed by atoms with van der Waals surface area (Å²) in [6, 6.07) is 1.77. The third kappa shape index (κ3) is 3.52. The van der Waals surface area contributed by atoms with Gasteiger partial charge in [0.05, 0.1) is 17.2 Å². The fourth-order valence-corrected chi connectivity index (χ4v) is 1.84. The molecule has 0 atom stereocenters. The zero-order chi connectivity index (χ0) is 13.0. The van der Waals surface area contributed by atoms with Gasteiger partial charge in [-0.15, -0.1) is 0 Å². The van der Waals surface area contributed by atoms with Crippen molar-refractivity contribution < 1.29 is 4.79 Å². The number of hydrogen-bond acceptors (Lipinski definition) is 3. The largest absolute Gasteiger partial charge is 0.392 e. The highest BCUT2D eigenvalue weighted by molar-refractivity contribution is 7.80.